The smallest absolute Gasteiger partial charge is 0.224 e. The Morgan fingerprint density at radius 2 is 1.43 bits per heavy atom. The Morgan fingerprint density at radius 3 is 2.10 bits per heavy atom. The first-order valence-electron chi connectivity index (χ1n) is 10.2. The van der Waals surface area contributed by atoms with E-state index in [1.807, 2.05) is 60.7 Å². The Balaban J connectivity index is 1.59. The number of hydrogen-bond acceptors (Lipinski definition) is 2. The molecular weight excluding hydrogens is 372 g/mol. The molecule has 0 aliphatic rings. The summed E-state index contributed by atoms with van der Waals surface area (Å²) in [5, 5.41) is 5.96. The van der Waals surface area contributed by atoms with Gasteiger partial charge in [-0.25, -0.2) is 0 Å². The van der Waals surface area contributed by atoms with Crippen molar-refractivity contribution in [3.8, 4) is 0 Å². The van der Waals surface area contributed by atoms with Crippen LogP contribution in [0, 0.1) is 13.8 Å². The van der Waals surface area contributed by atoms with E-state index in [2.05, 4.69) is 42.7 Å². The second-order valence-electron chi connectivity index (χ2n) is 7.52. The number of carbonyl (C=O) groups excluding carboxylic acids is 2. The quantitative estimate of drug-likeness (QED) is 0.594. The van der Waals surface area contributed by atoms with E-state index in [1.165, 1.54) is 11.1 Å². The first-order valence-corrected chi connectivity index (χ1v) is 10.2. The van der Waals surface area contributed by atoms with Crippen LogP contribution in [-0.2, 0) is 16.0 Å². The van der Waals surface area contributed by atoms with Gasteiger partial charge in [-0.05, 0) is 41.7 Å². The number of carbonyl (C=O) groups is 2. The standard InChI is InChI=1S/C26H28N2O2/c1-19-13-14-23(17-20(19)2)26(22-11-7-4-8-12-22)28-24(29)15-16-27-25(30)18-21-9-5-3-6-10-21/h3-14,17,26H,15-16,18H2,1-2H3,(H,27,30)(H,28,29)/t26-/m1/s1. The number of benzene rings is 3. The van der Waals surface area contributed by atoms with Gasteiger partial charge in [-0.1, -0.05) is 78.9 Å². The molecule has 0 radical (unpaired) electrons. The summed E-state index contributed by atoms with van der Waals surface area (Å²) in [6.45, 7) is 4.46. The summed E-state index contributed by atoms with van der Waals surface area (Å²) >= 11 is 0. The maximum atomic E-state index is 12.6. The average Bonchev–Trinajstić information content (AvgIpc) is 2.75. The minimum absolute atomic E-state index is 0.0808. The molecule has 3 aromatic rings. The van der Waals surface area contributed by atoms with Crippen LogP contribution in [0.15, 0.2) is 78.9 Å². The zero-order valence-electron chi connectivity index (χ0n) is 17.5. The van der Waals surface area contributed by atoms with Crippen molar-refractivity contribution in [2.45, 2.75) is 32.7 Å². The molecule has 0 aliphatic carbocycles. The monoisotopic (exact) mass is 400 g/mol. The Hall–Kier alpha value is -3.40. The van der Waals surface area contributed by atoms with Gasteiger partial charge in [0.1, 0.15) is 0 Å². The fourth-order valence-corrected chi connectivity index (χ4v) is 3.34. The van der Waals surface area contributed by atoms with Gasteiger partial charge in [0.15, 0.2) is 0 Å². The lowest BCUT2D eigenvalue weighted by Crippen LogP contribution is -2.33. The molecule has 3 rings (SSSR count). The van der Waals surface area contributed by atoms with Crippen molar-refractivity contribution < 1.29 is 9.59 Å². The van der Waals surface area contributed by atoms with Gasteiger partial charge in [-0.15, -0.1) is 0 Å². The first kappa shape index (κ1) is 21.3. The fourth-order valence-electron chi connectivity index (χ4n) is 3.34. The van der Waals surface area contributed by atoms with Crippen LogP contribution < -0.4 is 10.6 Å². The van der Waals surface area contributed by atoms with Gasteiger partial charge in [0.2, 0.25) is 11.8 Å². The van der Waals surface area contributed by atoms with E-state index in [9.17, 15) is 9.59 Å². The minimum atomic E-state index is -0.224. The van der Waals surface area contributed by atoms with Crippen molar-refractivity contribution in [2.75, 3.05) is 6.54 Å². The van der Waals surface area contributed by atoms with Crippen LogP contribution in [-0.4, -0.2) is 18.4 Å². The highest BCUT2D eigenvalue weighted by molar-refractivity contribution is 5.80. The van der Waals surface area contributed by atoms with Gasteiger partial charge < -0.3 is 10.6 Å². The maximum absolute atomic E-state index is 12.6. The Kier molecular flexibility index (Phi) is 7.39. The van der Waals surface area contributed by atoms with Gasteiger partial charge in [-0.2, -0.15) is 0 Å². The van der Waals surface area contributed by atoms with Gasteiger partial charge in [0.05, 0.1) is 12.5 Å². The van der Waals surface area contributed by atoms with Crippen LogP contribution in [0.4, 0.5) is 0 Å². The second kappa shape index (κ2) is 10.4. The zero-order valence-corrected chi connectivity index (χ0v) is 17.5. The van der Waals surface area contributed by atoms with Crippen LogP contribution in [0.25, 0.3) is 0 Å². The van der Waals surface area contributed by atoms with E-state index in [0.29, 0.717) is 13.0 Å². The van der Waals surface area contributed by atoms with E-state index >= 15 is 0 Å². The normalized spacial score (nSPS) is 11.5. The molecule has 0 unspecified atom stereocenters. The molecular formula is C26H28N2O2. The van der Waals surface area contributed by atoms with Crippen LogP contribution in [0.2, 0.25) is 0 Å². The van der Waals surface area contributed by atoms with Gasteiger partial charge in [0, 0.05) is 13.0 Å². The largest absolute Gasteiger partial charge is 0.355 e. The number of amides is 2. The molecule has 0 saturated heterocycles. The molecule has 0 aromatic heterocycles. The molecule has 154 valence electrons. The van der Waals surface area contributed by atoms with Gasteiger partial charge >= 0.3 is 0 Å². The van der Waals surface area contributed by atoms with Crippen molar-refractivity contribution in [1.29, 1.82) is 0 Å². The summed E-state index contributed by atoms with van der Waals surface area (Å²) in [5.41, 5.74) is 5.44. The molecule has 2 N–H and O–H groups in total. The van der Waals surface area contributed by atoms with Crippen molar-refractivity contribution >= 4 is 11.8 Å². The third-order valence-corrected chi connectivity index (χ3v) is 5.18. The van der Waals surface area contributed by atoms with Crippen molar-refractivity contribution in [3.63, 3.8) is 0 Å². The van der Waals surface area contributed by atoms with E-state index in [-0.39, 0.29) is 24.3 Å². The molecule has 0 saturated carbocycles. The first-order chi connectivity index (χ1) is 14.5. The summed E-state index contributed by atoms with van der Waals surface area (Å²) in [6.07, 6.45) is 0.548. The second-order valence-corrected chi connectivity index (χ2v) is 7.52. The topological polar surface area (TPSA) is 58.2 Å². The van der Waals surface area contributed by atoms with E-state index < -0.39 is 0 Å². The highest BCUT2D eigenvalue weighted by Crippen LogP contribution is 2.24. The Bertz CT molecular complexity index is 984. The highest BCUT2D eigenvalue weighted by atomic mass is 16.2. The van der Waals surface area contributed by atoms with Crippen molar-refractivity contribution in [1.82, 2.24) is 10.6 Å². The summed E-state index contributed by atoms with van der Waals surface area (Å²) < 4.78 is 0. The predicted molar refractivity (Wildman–Crippen MR) is 120 cm³/mol. The molecule has 30 heavy (non-hydrogen) atoms. The summed E-state index contributed by atoms with van der Waals surface area (Å²) in [7, 11) is 0. The summed E-state index contributed by atoms with van der Waals surface area (Å²) in [6, 6.07) is 25.5. The van der Waals surface area contributed by atoms with Crippen LogP contribution >= 0.6 is 0 Å². The highest BCUT2D eigenvalue weighted by Gasteiger charge is 2.17. The Morgan fingerprint density at radius 1 is 0.767 bits per heavy atom. The molecule has 0 bridgehead atoms. The third-order valence-electron chi connectivity index (χ3n) is 5.18. The van der Waals surface area contributed by atoms with Gasteiger partial charge in [0.25, 0.3) is 0 Å². The molecule has 4 heteroatoms. The molecule has 2 amide bonds. The maximum Gasteiger partial charge on any atom is 0.224 e. The predicted octanol–water partition coefficient (Wildman–Crippen LogP) is 4.26. The number of nitrogens with one attached hydrogen (secondary N) is 2. The molecule has 0 aliphatic heterocycles. The molecule has 3 aromatic carbocycles. The Labute approximate surface area is 178 Å². The van der Waals surface area contributed by atoms with Crippen LogP contribution in [0.3, 0.4) is 0 Å². The lowest BCUT2D eigenvalue weighted by Gasteiger charge is -2.21. The molecule has 0 heterocycles. The molecule has 4 nitrogen and oxygen atoms in total. The van der Waals surface area contributed by atoms with E-state index in [1.54, 1.807) is 0 Å². The fraction of sp³-hybridized carbons (Fsp3) is 0.231. The summed E-state index contributed by atoms with van der Waals surface area (Å²) in [5.74, 6) is -0.176. The molecule has 1 atom stereocenters. The van der Waals surface area contributed by atoms with E-state index in [4.69, 9.17) is 0 Å². The molecule has 0 spiro atoms. The average molecular weight is 401 g/mol. The summed E-state index contributed by atoms with van der Waals surface area (Å²) in [4.78, 5) is 24.7. The number of aryl methyl sites for hydroxylation is 2. The zero-order chi connectivity index (χ0) is 21.3. The third kappa shape index (κ3) is 6.05. The van der Waals surface area contributed by atoms with Crippen LogP contribution in [0.5, 0.6) is 0 Å². The minimum Gasteiger partial charge on any atom is -0.355 e. The van der Waals surface area contributed by atoms with Crippen molar-refractivity contribution in [3.05, 3.63) is 107 Å². The van der Waals surface area contributed by atoms with Gasteiger partial charge in [-0.3, -0.25) is 9.59 Å². The SMILES string of the molecule is Cc1ccc([C@H](NC(=O)CCNC(=O)Cc2ccccc2)c2ccccc2)cc1C. The lowest BCUT2D eigenvalue weighted by atomic mass is 9.95. The molecule has 0 fully saturated rings. The van der Waals surface area contributed by atoms with Crippen LogP contribution in [0.1, 0.15) is 40.3 Å². The lowest BCUT2D eigenvalue weighted by molar-refractivity contribution is -0.122. The number of hydrogen-bond donors (Lipinski definition) is 2. The number of rotatable bonds is 8. The van der Waals surface area contributed by atoms with E-state index in [0.717, 1.165) is 16.7 Å². The van der Waals surface area contributed by atoms with Crippen molar-refractivity contribution in [2.24, 2.45) is 0 Å².